The zero-order valence-electron chi connectivity index (χ0n) is 12.6. The van der Waals surface area contributed by atoms with Crippen LogP contribution in [-0.4, -0.2) is 33.7 Å². The molecular formula is C15H21N3O3S. The van der Waals surface area contributed by atoms with Crippen molar-refractivity contribution in [1.82, 2.24) is 5.32 Å². The molecule has 1 atom stereocenters. The van der Waals surface area contributed by atoms with Gasteiger partial charge >= 0.3 is 0 Å². The van der Waals surface area contributed by atoms with E-state index >= 15 is 0 Å². The van der Waals surface area contributed by atoms with Crippen molar-refractivity contribution in [3.63, 3.8) is 0 Å². The molecule has 3 N–H and O–H groups in total. The van der Waals surface area contributed by atoms with Gasteiger partial charge in [-0.1, -0.05) is 0 Å². The van der Waals surface area contributed by atoms with Gasteiger partial charge in [-0.2, -0.15) is 0 Å². The van der Waals surface area contributed by atoms with E-state index in [1.165, 1.54) is 0 Å². The second-order valence-electron chi connectivity index (χ2n) is 6.31. The number of piperidine rings is 1. The minimum Gasteiger partial charge on any atom is -0.326 e. The average molecular weight is 323 g/mol. The molecule has 120 valence electrons. The standard InChI is InChI=1S/C15H21N3O3S/c1-22(20,21)18-12-4-2-11(3-5-12)17-14(19)13-10-15(13)6-8-16-9-7-15/h2-5,13,16,18H,6-10H2,1H3,(H,17,19). The van der Waals surface area contributed by atoms with Crippen LogP contribution in [0.2, 0.25) is 0 Å². The molecule has 1 amide bonds. The van der Waals surface area contributed by atoms with Crippen LogP contribution in [0.25, 0.3) is 0 Å². The lowest BCUT2D eigenvalue weighted by Gasteiger charge is -2.23. The molecule has 0 radical (unpaired) electrons. The van der Waals surface area contributed by atoms with Crippen LogP contribution in [-0.2, 0) is 14.8 Å². The van der Waals surface area contributed by atoms with Gasteiger partial charge in [0, 0.05) is 17.3 Å². The highest BCUT2D eigenvalue weighted by Gasteiger charge is 2.57. The van der Waals surface area contributed by atoms with E-state index in [0.29, 0.717) is 11.4 Å². The molecule has 3 rings (SSSR count). The molecule has 0 aromatic heterocycles. The maximum atomic E-state index is 12.3. The Hall–Kier alpha value is -1.60. The fourth-order valence-electron chi connectivity index (χ4n) is 3.26. The Morgan fingerprint density at radius 2 is 1.77 bits per heavy atom. The molecule has 0 bridgehead atoms. The van der Waals surface area contributed by atoms with Crippen molar-refractivity contribution in [1.29, 1.82) is 0 Å². The van der Waals surface area contributed by atoms with Gasteiger partial charge in [0.05, 0.1) is 6.26 Å². The van der Waals surface area contributed by atoms with Gasteiger partial charge in [0.2, 0.25) is 15.9 Å². The van der Waals surface area contributed by atoms with E-state index in [0.717, 1.165) is 38.6 Å². The topological polar surface area (TPSA) is 87.3 Å². The van der Waals surface area contributed by atoms with E-state index in [1.807, 2.05) is 0 Å². The highest BCUT2D eigenvalue weighted by atomic mass is 32.2. The van der Waals surface area contributed by atoms with Crippen LogP contribution >= 0.6 is 0 Å². The summed E-state index contributed by atoms with van der Waals surface area (Å²) in [6, 6.07) is 6.71. The smallest absolute Gasteiger partial charge is 0.229 e. The van der Waals surface area contributed by atoms with Crippen LogP contribution in [0.5, 0.6) is 0 Å². The van der Waals surface area contributed by atoms with Crippen LogP contribution in [0.4, 0.5) is 11.4 Å². The third-order valence-corrected chi connectivity index (χ3v) is 5.17. The first-order chi connectivity index (χ1) is 10.4. The lowest BCUT2D eigenvalue weighted by Crippen LogP contribution is -2.31. The van der Waals surface area contributed by atoms with Crippen molar-refractivity contribution in [2.24, 2.45) is 11.3 Å². The van der Waals surface area contributed by atoms with Crippen molar-refractivity contribution in [2.45, 2.75) is 19.3 Å². The summed E-state index contributed by atoms with van der Waals surface area (Å²) in [6.07, 6.45) is 4.23. The normalized spacial score (nSPS) is 23.0. The first-order valence-electron chi connectivity index (χ1n) is 7.47. The molecule has 1 saturated heterocycles. The molecule has 1 spiro atoms. The Kier molecular flexibility index (Phi) is 3.86. The summed E-state index contributed by atoms with van der Waals surface area (Å²) in [6.45, 7) is 1.99. The number of hydrogen-bond donors (Lipinski definition) is 3. The van der Waals surface area contributed by atoms with Gasteiger partial charge < -0.3 is 10.6 Å². The zero-order chi connectivity index (χ0) is 15.8. The lowest BCUT2D eigenvalue weighted by molar-refractivity contribution is -0.118. The number of benzene rings is 1. The molecule has 1 aromatic rings. The summed E-state index contributed by atoms with van der Waals surface area (Å²) in [7, 11) is -3.28. The van der Waals surface area contributed by atoms with Crippen LogP contribution in [0.3, 0.4) is 0 Å². The van der Waals surface area contributed by atoms with Gasteiger partial charge in [-0.15, -0.1) is 0 Å². The van der Waals surface area contributed by atoms with E-state index in [2.05, 4.69) is 15.4 Å². The fraction of sp³-hybridized carbons (Fsp3) is 0.533. The molecule has 22 heavy (non-hydrogen) atoms. The van der Waals surface area contributed by atoms with Crippen molar-refractivity contribution in [3.05, 3.63) is 24.3 Å². The van der Waals surface area contributed by atoms with Crippen molar-refractivity contribution < 1.29 is 13.2 Å². The maximum absolute atomic E-state index is 12.3. The molecule has 1 saturated carbocycles. The van der Waals surface area contributed by atoms with Crippen molar-refractivity contribution >= 4 is 27.3 Å². The molecule has 1 aliphatic carbocycles. The number of nitrogens with one attached hydrogen (secondary N) is 3. The number of anilines is 2. The molecule has 6 nitrogen and oxygen atoms in total. The minimum absolute atomic E-state index is 0.0747. The van der Waals surface area contributed by atoms with E-state index in [9.17, 15) is 13.2 Å². The minimum atomic E-state index is -3.28. The number of sulfonamides is 1. The fourth-order valence-corrected chi connectivity index (χ4v) is 3.82. The Morgan fingerprint density at radius 1 is 1.18 bits per heavy atom. The van der Waals surface area contributed by atoms with Gasteiger partial charge in [-0.05, 0) is 62.0 Å². The van der Waals surface area contributed by atoms with Crippen LogP contribution in [0.15, 0.2) is 24.3 Å². The van der Waals surface area contributed by atoms with Gasteiger partial charge in [-0.3, -0.25) is 9.52 Å². The third kappa shape index (κ3) is 3.41. The summed E-state index contributed by atoms with van der Waals surface area (Å²) in [5, 5.41) is 6.26. The number of carbonyl (C=O) groups is 1. The SMILES string of the molecule is CS(=O)(=O)Nc1ccc(NC(=O)C2CC23CCNCC3)cc1. The monoisotopic (exact) mass is 323 g/mol. The second-order valence-corrected chi connectivity index (χ2v) is 8.06. The molecule has 2 fully saturated rings. The van der Waals surface area contributed by atoms with Crippen LogP contribution in [0.1, 0.15) is 19.3 Å². The number of hydrogen-bond acceptors (Lipinski definition) is 4. The van der Waals surface area contributed by atoms with Crippen LogP contribution in [0, 0.1) is 11.3 Å². The molecule has 1 unspecified atom stereocenters. The van der Waals surface area contributed by atoms with Gasteiger partial charge in [0.15, 0.2) is 0 Å². The van der Waals surface area contributed by atoms with E-state index in [1.54, 1.807) is 24.3 Å². The quantitative estimate of drug-likeness (QED) is 0.781. The maximum Gasteiger partial charge on any atom is 0.229 e. The van der Waals surface area contributed by atoms with Crippen molar-refractivity contribution in [2.75, 3.05) is 29.4 Å². The molecule has 1 aromatic carbocycles. The molecule has 1 aliphatic heterocycles. The number of rotatable bonds is 4. The Balaban J connectivity index is 1.58. The van der Waals surface area contributed by atoms with E-state index in [4.69, 9.17) is 0 Å². The summed E-state index contributed by atoms with van der Waals surface area (Å²) >= 11 is 0. The van der Waals surface area contributed by atoms with Crippen LogP contribution < -0.4 is 15.4 Å². The number of amides is 1. The summed E-state index contributed by atoms with van der Waals surface area (Å²) in [5.41, 5.74) is 1.40. The summed E-state index contributed by atoms with van der Waals surface area (Å²) in [5.74, 6) is 0.189. The van der Waals surface area contributed by atoms with E-state index in [-0.39, 0.29) is 17.2 Å². The summed E-state index contributed by atoms with van der Waals surface area (Å²) < 4.78 is 24.7. The predicted octanol–water partition coefficient (Wildman–Crippen LogP) is 1.39. The average Bonchev–Trinajstić information content (AvgIpc) is 3.14. The highest BCUT2D eigenvalue weighted by Crippen LogP contribution is 2.58. The number of carbonyl (C=O) groups excluding carboxylic acids is 1. The van der Waals surface area contributed by atoms with Gasteiger partial charge in [0.1, 0.15) is 0 Å². The van der Waals surface area contributed by atoms with Gasteiger partial charge in [-0.25, -0.2) is 8.42 Å². The zero-order valence-corrected chi connectivity index (χ0v) is 13.4. The largest absolute Gasteiger partial charge is 0.326 e. The lowest BCUT2D eigenvalue weighted by atomic mass is 9.92. The molecular weight excluding hydrogens is 302 g/mol. The Morgan fingerprint density at radius 3 is 2.36 bits per heavy atom. The Labute approximate surface area is 130 Å². The highest BCUT2D eigenvalue weighted by molar-refractivity contribution is 7.92. The predicted molar refractivity (Wildman–Crippen MR) is 86.2 cm³/mol. The first-order valence-corrected chi connectivity index (χ1v) is 9.37. The second kappa shape index (κ2) is 5.55. The molecule has 1 heterocycles. The first kappa shape index (κ1) is 15.3. The van der Waals surface area contributed by atoms with Crippen molar-refractivity contribution in [3.8, 4) is 0 Å². The summed E-state index contributed by atoms with van der Waals surface area (Å²) in [4.78, 5) is 12.3. The third-order valence-electron chi connectivity index (χ3n) is 4.56. The van der Waals surface area contributed by atoms with Gasteiger partial charge in [0.25, 0.3) is 0 Å². The molecule has 2 aliphatic rings. The Bertz CT molecular complexity index is 664. The van der Waals surface area contributed by atoms with E-state index < -0.39 is 10.0 Å². The molecule has 7 heteroatoms.